The van der Waals surface area contributed by atoms with Crippen LogP contribution in [-0.2, 0) is 12.6 Å². The monoisotopic (exact) mass is 437 g/mol. The van der Waals surface area contributed by atoms with Gasteiger partial charge in [-0.2, -0.15) is 13.2 Å². The molecule has 0 bridgehead atoms. The second kappa shape index (κ2) is 8.54. The number of nitrogens with zero attached hydrogens (tertiary/aromatic N) is 3. The fraction of sp³-hybridized carbons (Fsp3) is 0.158. The van der Waals surface area contributed by atoms with Gasteiger partial charge in [-0.3, -0.25) is 10.1 Å². The average molecular weight is 438 g/mol. The first kappa shape index (κ1) is 21.3. The summed E-state index contributed by atoms with van der Waals surface area (Å²) in [5.41, 5.74) is -0.142. The smallest absolute Gasteiger partial charge is 0.334 e. The fourth-order valence-corrected chi connectivity index (χ4v) is 2.90. The summed E-state index contributed by atoms with van der Waals surface area (Å²) in [5.74, 6) is -0.408. The van der Waals surface area contributed by atoms with E-state index in [0.29, 0.717) is 12.1 Å². The van der Waals surface area contributed by atoms with Crippen molar-refractivity contribution in [3.05, 3.63) is 75.1 Å². The average Bonchev–Trinajstić information content (AvgIpc) is 2.69. The van der Waals surface area contributed by atoms with E-state index in [1.807, 2.05) is 19.1 Å². The summed E-state index contributed by atoms with van der Waals surface area (Å²) in [7, 11) is 0. The van der Waals surface area contributed by atoms with Crippen LogP contribution < -0.4 is 10.6 Å². The lowest BCUT2D eigenvalue weighted by Crippen LogP contribution is -2.08. The van der Waals surface area contributed by atoms with Crippen LogP contribution in [0.4, 0.5) is 41.9 Å². The molecule has 0 fully saturated rings. The van der Waals surface area contributed by atoms with Gasteiger partial charge in [0.05, 0.1) is 21.2 Å². The zero-order valence-corrected chi connectivity index (χ0v) is 16.3. The molecule has 7 nitrogen and oxygen atoms in total. The van der Waals surface area contributed by atoms with E-state index >= 15 is 0 Å². The Kier molecular flexibility index (Phi) is 6.06. The van der Waals surface area contributed by atoms with Crippen molar-refractivity contribution < 1.29 is 18.1 Å². The van der Waals surface area contributed by atoms with E-state index in [-0.39, 0.29) is 22.3 Å². The summed E-state index contributed by atoms with van der Waals surface area (Å²) in [4.78, 5) is 18.8. The maximum atomic E-state index is 13.0. The van der Waals surface area contributed by atoms with Crippen molar-refractivity contribution in [1.82, 2.24) is 9.97 Å². The van der Waals surface area contributed by atoms with E-state index in [1.165, 1.54) is 0 Å². The minimum absolute atomic E-state index is 0.0539. The molecule has 0 unspecified atom stereocenters. The Morgan fingerprint density at radius 2 is 1.70 bits per heavy atom. The van der Waals surface area contributed by atoms with Gasteiger partial charge in [0, 0.05) is 5.69 Å². The lowest BCUT2D eigenvalue weighted by atomic mass is 10.1. The van der Waals surface area contributed by atoms with Crippen molar-refractivity contribution in [2.24, 2.45) is 0 Å². The van der Waals surface area contributed by atoms with Crippen LogP contribution in [0.5, 0.6) is 0 Å². The second-order valence-corrected chi connectivity index (χ2v) is 6.54. The Labute approximate surface area is 174 Å². The van der Waals surface area contributed by atoms with Crippen LogP contribution in [0.3, 0.4) is 0 Å². The Morgan fingerprint density at radius 1 is 1.07 bits per heavy atom. The third-order valence-electron chi connectivity index (χ3n) is 4.20. The molecule has 1 heterocycles. The topological polar surface area (TPSA) is 93.0 Å². The number of anilines is 4. The molecule has 0 aliphatic heterocycles. The van der Waals surface area contributed by atoms with E-state index in [2.05, 4.69) is 20.6 Å². The Hall–Kier alpha value is -3.40. The molecule has 156 valence electrons. The van der Waals surface area contributed by atoms with Crippen molar-refractivity contribution in [2.75, 3.05) is 10.6 Å². The second-order valence-electron chi connectivity index (χ2n) is 6.13. The minimum Gasteiger partial charge on any atom is -0.334 e. The molecule has 11 heteroatoms. The van der Waals surface area contributed by atoms with E-state index in [4.69, 9.17) is 11.6 Å². The largest absolute Gasteiger partial charge is 0.416 e. The summed E-state index contributed by atoms with van der Waals surface area (Å²) < 4.78 is 39.0. The van der Waals surface area contributed by atoms with Crippen molar-refractivity contribution in [3.63, 3.8) is 0 Å². The minimum atomic E-state index is -4.60. The summed E-state index contributed by atoms with van der Waals surface area (Å²) in [5, 5.41) is 17.1. The Morgan fingerprint density at radius 3 is 2.30 bits per heavy atom. The molecule has 3 aromatic rings. The zero-order chi connectivity index (χ0) is 21.9. The number of alkyl halides is 3. The molecule has 2 N–H and O–H groups in total. The van der Waals surface area contributed by atoms with Crippen LogP contribution in [0.2, 0.25) is 5.02 Å². The lowest BCUT2D eigenvalue weighted by Gasteiger charge is -2.14. The van der Waals surface area contributed by atoms with E-state index in [0.717, 1.165) is 30.1 Å². The third-order valence-corrected chi connectivity index (χ3v) is 4.53. The van der Waals surface area contributed by atoms with Crippen LogP contribution in [0, 0.1) is 10.1 Å². The van der Waals surface area contributed by atoms with Crippen LogP contribution in [0.15, 0.2) is 48.8 Å². The summed E-state index contributed by atoms with van der Waals surface area (Å²) >= 11 is 5.98. The molecule has 1 aromatic heterocycles. The van der Waals surface area contributed by atoms with Gasteiger partial charge < -0.3 is 10.6 Å². The SMILES string of the molecule is CCc1ccccc1Nc1ncnc(Nc2cc(C(F)(F)F)ccc2Cl)c1[N+](=O)[O-]. The fourth-order valence-electron chi connectivity index (χ4n) is 2.74. The van der Waals surface area contributed by atoms with Gasteiger partial charge in [0.15, 0.2) is 0 Å². The molecular formula is C19H15ClF3N5O2. The number of hydrogen-bond donors (Lipinski definition) is 2. The lowest BCUT2D eigenvalue weighted by molar-refractivity contribution is -0.383. The molecule has 30 heavy (non-hydrogen) atoms. The predicted molar refractivity (Wildman–Crippen MR) is 108 cm³/mol. The highest BCUT2D eigenvalue weighted by molar-refractivity contribution is 6.33. The Bertz CT molecular complexity index is 1090. The standard InChI is InChI=1S/C19H15ClF3N5O2/c1-2-11-5-3-4-6-14(11)26-17-16(28(29)30)18(25-10-24-17)27-15-9-12(19(21,22)23)7-8-13(15)20/h3-10H,2H2,1H3,(H2,24,25,26,27). The number of nitrogens with one attached hydrogen (secondary N) is 2. The van der Waals surface area contributed by atoms with Gasteiger partial charge >= 0.3 is 11.9 Å². The molecule has 0 radical (unpaired) electrons. The van der Waals surface area contributed by atoms with Crippen molar-refractivity contribution in [1.29, 1.82) is 0 Å². The number of nitro groups is 1. The highest BCUT2D eigenvalue weighted by atomic mass is 35.5. The Balaban J connectivity index is 2.03. The normalized spacial score (nSPS) is 11.2. The van der Waals surface area contributed by atoms with Gasteiger partial charge in [0.25, 0.3) is 0 Å². The number of benzene rings is 2. The molecule has 0 saturated carbocycles. The molecule has 0 aliphatic rings. The molecule has 0 atom stereocenters. The number of halogens is 4. The number of hydrogen-bond acceptors (Lipinski definition) is 6. The molecule has 0 spiro atoms. The summed E-state index contributed by atoms with van der Waals surface area (Å²) in [6.45, 7) is 1.93. The highest BCUT2D eigenvalue weighted by Crippen LogP contribution is 2.38. The van der Waals surface area contributed by atoms with Gasteiger partial charge in [0.2, 0.25) is 11.6 Å². The first-order valence-electron chi connectivity index (χ1n) is 8.68. The predicted octanol–water partition coefficient (Wildman–Crippen LogP) is 6.11. The molecular weight excluding hydrogens is 423 g/mol. The van der Waals surface area contributed by atoms with Crippen LogP contribution in [0.25, 0.3) is 0 Å². The zero-order valence-electron chi connectivity index (χ0n) is 15.5. The van der Waals surface area contributed by atoms with Gasteiger partial charge in [-0.05, 0) is 36.2 Å². The maximum Gasteiger partial charge on any atom is 0.416 e. The number of aryl methyl sites for hydroxylation is 1. The summed E-state index contributed by atoms with van der Waals surface area (Å²) in [6.07, 6.45) is -2.87. The van der Waals surface area contributed by atoms with E-state index < -0.39 is 22.4 Å². The molecule has 0 saturated heterocycles. The first-order valence-corrected chi connectivity index (χ1v) is 9.06. The number of aromatic nitrogens is 2. The quantitative estimate of drug-likeness (QED) is 0.357. The van der Waals surface area contributed by atoms with Crippen LogP contribution >= 0.6 is 11.6 Å². The van der Waals surface area contributed by atoms with Crippen LogP contribution in [-0.4, -0.2) is 14.9 Å². The van der Waals surface area contributed by atoms with Crippen molar-refractivity contribution in [3.8, 4) is 0 Å². The van der Waals surface area contributed by atoms with Crippen LogP contribution in [0.1, 0.15) is 18.1 Å². The van der Waals surface area contributed by atoms with E-state index in [1.54, 1.807) is 12.1 Å². The van der Waals surface area contributed by atoms with Gasteiger partial charge in [-0.1, -0.05) is 36.7 Å². The van der Waals surface area contributed by atoms with Gasteiger partial charge in [-0.25, -0.2) is 9.97 Å². The number of para-hydroxylation sites is 1. The molecule has 0 aliphatic carbocycles. The molecule has 0 amide bonds. The highest BCUT2D eigenvalue weighted by Gasteiger charge is 2.31. The van der Waals surface area contributed by atoms with Crippen molar-refractivity contribution in [2.45, 2.75) is 19.5 Å². The van der Waals surface area contributed by atoms with Gasteiger partial charge in [0.1, 0.15) is 6.33 Å². The first-order chi connectivity index (χ1) is 14.2. The van der Waals surface area contributed by atoms with Gasteiger partial charge in [-0.15, -0.1) is 0 Å². The van der Waals surface area contributed by atoms with Crippen molar-refractivity contribution >= 4 is 40.3 Å². The summed E-state index contributed by atoms with van der Waals surface area (Å²) in [6, 6.07) is 9.82. The third kappa shape index (κ3) is 4.60. The number of rotatable bonds is 6. The maximum absolute atomic E-state index is 13.0. The van der Waals surface area contributed by atoms with E-state index in [9.17, 15) is 23.3 Å². The molecule has 3 rings (SSSR count). The molecule has 2 aromatic carbocycles.